The van der Waals surface area contributed by atoms with Crippen molar-refractivity contribution in [3.8, 4) is 28.5 Å². The maximum Gasteiger partial charge on any atom is 0.132 e. The highest BCUT2D eigenvalue weighted by molar-refractivity contribution is 5.68. The second kappa shape index (κ2) is 6.95. The number of methoxy groups -OCH3 is 2. The highest BCUT2D eigenvalue weighted by Gasteiger charge is 2.11. The summed E-state index contributed by atoms with van der Waals surface area (Å²) in [6.07, 6.45) is 0. The molecule has 24 heavy (non-hydrogen) atoms. The monoisotopic (exact) mass is 325 g/mol. The third kappa shape index (κ3) is 3.43. The van der Waals surface area contributed by atoms with Gasteiger partial charge in [0.05, 0.1) is 25.6 Å². The van der Waals surface area contributed by atoms with Gasteiger partial charge in [-0.2, -0.15) is 5.10 Å². The van der Waals surface area contributed by atoms with Crippen molar-refractivity contribution in [2.45, 2.75) is 6.61 Å². The van der Waals surface area contributed by atoms with Crippen molar-refractivity contribution in [1.29, 1.82) is 0 Å². The van der Waals surface area contributed by atoms with Crippen LogP contribution in [0.25, 0.3) is 11.3 Å². The van der Waals surface area contributed by atoms with Crippen LogP contribution in [0.5, 0.6) is 17.2 Å². The lowest BCUT2D eigenvalue weighted by molar-refractivity contribution is 0.301. The largest absolute Gasteiger partial charge is 0.497 e. The number of benzene rings is 2. The molecular weight excluding hydrogens is 306 g/mol. The first-order valence-corrected chi connectivity index (χ1v) is 7.44. The minimum absolute atomic E-state index is 0.384. The van der Waals surface area contributed by atoms with Crippen molar-refractivity contribution < 1.29 is 14.2 Å². The molecule has 0 aliphatic rings. The Morgan fingerprint density at radius 1 is 0.958 bits per heavy atom. The number of nitrogens with zero attached hydrogens (tertiary/aromatic N) is 1. The van der Waals surface area contributed by atoms with Crippen LogP contribution in [0.2, 0.25) is 0 Å². The molecule has 0 saturated carbocycles. The lowest BCUT2D eigenvalue weighted by Gasteiger charge is -2.08. The molecule has 124 valence electrons. The number of nitrogens with two attached hydrogens (primary N) is 1. The number of aromatic nitrogens is 2. The molecule has 0 aliphatic heterocycles. The van der Waals surface area contributed by atoms with Crippen LogP contribution in [-0.2, 0) is 6.61 Å². The predicted octanol–water partition coefficient (Wildman–Crippen LogP) is 3.26. The molecule has 1 aromatic heterocycles. The van der Waals surface area contributed by atoms with Gasteiger partial charge < -0.3 is 19.9 Å². The molecular formula is C18H19N3O3. The van der Waals surface area contributed by atoms with Crippen LogP contribution in [0.3, 0.4) is 0 Å². The average molecular weight is 325 g/mol. The van der Waals surface area contributed by atoms with Gasteiger partial charge in [0.2, 0.25) is 0 Å². The molecule has 0 unspecified atom stereocenters. The Bertz CT molecular complexity index is 813. The van der Waals surface area contributed by atoms with E-state index in [1.807, 2.05) is 36.4 Å². The fraction of sp³-hybridized carbons (Fsp3) is 0.167. The Labute approximate surface area is 140 Å². The Kier molecular flexibility index (Phi) is 4.56. The Balaban J connectivity index is 1.74. The summed E-state index contributed by atoms with van der Waals surface area (Å²) in [5.74, 6) is 2.19. The smallest absolute Gasteiger partial charge is 0.132 e. The van der Waals surface area contributed by atoms with Crippen molar-refractivity contribution in [1.82, 2.24) is 10.2 Å². The topological polar surface area (TPSA) is 82.4 Å². The molecule has 6 heteroatoms. The molecule has 6 nitrogen and oxygen atoms in total. The fourth-order valence-electron chi connectivity index (χ4n) is 2.31. The van der Waals surface area contributed by atoms with Gasteiger partial charge in [0, 0.05) is 17.3 Å². The standard InChI is InChI=1S/C18H19N3O3/c1-22-15-7-8-16(18(10-15)23-2)17-9-13(20-21-17)11-24-14-5-3-12(19)4-6-14/h3-10H,11,19H2,1-2H3,(H,20,21). The van der Waals surface area contributed by atoms with Crippen molar-refractivity contribution in [3.63, 3.8) is 0 Å². The van der Waals surface area contributed by atoms with Gasteiger partial charge in [-0.3, -0.25) is 5.10 Å². The molecule has 0 spiro atoms. The second-order valence-corrected chi connectivity index (χ2v) is 5.20. The van der Waals surface area contributed by atoms with Crippen LogP contribution in [0.15, 0.2) is 48.5 Å². The van der Waals surface area contributed by atoms with Crippen molar-refractivity contribution in [3.05, 3.63) is 54.2 Å². The Morgan fingerprint density at radius 2 is 1.71 bits per heavy atom. The van der Waals surface area contributed by atoms with E-state index in [4.69, 9.17) is 19.9 Å². The predicted molar refractivity (Wildman–Crippen MR) is 92.3 cm³/mol. The summed E-state index contributed by atoms with van der Waals surface area (Å²) in [5, 5.41) is 7.31. The van der Waals surface area contributed by atoms with E-state index >= 15 is 0 Å². The number of nitrogen functional groups attached to an aromatic ring is 1. The van der Waals surface area contributed by atoms with Gasteiger partial charge in [0.25, 0.3) is 0 Å². The number of rotatable bonds is 6. The molecule has 2 aromatic carbocycles. The van der Waals surface area contributed by atoms with Crippen molar-refractivity contribution in [2.75, 3.05) is 20.0 Å². The first-order chi connectivity index (χ1) is 11.7. The third-order valence-corrected chi connectivity index (χ3v) is 3.59. The molecule has 0 atom stereocenters. The first kappa shape index (κ1) is 15.7. The van der Waals surface area contributed by atoms with Gasteiger partial charge in [-0.1, -0.05) is 0 Å². The van der Waals surface area contributed by atoms with E-state index in [0.717, 1.165) is 28.5 Å². The molecule has 3 aromatic rings. The fourth-order valence-corrected chi connectivity index (χ4v) is 2.31. The zero-order valence-corrected chi connectivity index (χ0v) is 13.6. The van der Waals surface area contributed by atoms with Crippen LogP contribution < -0.4 is 19.9 Å². The summed E-state index contributed by atoms with van der Waals surface area (Å²) < 4.78 is 16.3. The lowest BCUT2D eigenvalue weighted by Crippen LogP contribution is -1.95. The maximum atomic E-state index is 5.71. The highest BCUT2D eigenvalue weighted by atomic mass is 16.5. The molecule has 0 amide bonds. The molecule has 0 saturated heterocycles. The third-order valence-electron chi connectivity index (χ3n) is 3.59. The van der Waals surface area contributed by atoms with Gasteiger partial charge in [0.15, 0.2) is 0 Å². The number of hydrogen-bond acceptors (Lipinski definition) is 5. The zero-order valence-electron chi connectivity index (χ0n) is 13.6. The molecule has 3 N–H and O–H groups in total. The molecule has 0 aliphatic carbocycles. The minimum atomic E-state index is 0.384. The summed E-state index contributed by atoms with van der Waals surface area (Å²) >= 11 is 0. The number of hydrogen-bond donors (Lipinski definition) is 2. The van der Waals surface area contributed by atoms with Crippen LogP contribution in [0, 0.1) is 0 Å². The maximum absolute atomic E-state index is 5.71. The van der Waals surface area contributed by atoms with Gasteiger partial charge >= 0.3 is 0 Å². The van der Waals surface area contributed by atoms with Crippen molar-refractivity contribution >= 4 is 5.69 Å². The summed E-state index contributed by atoms with van der Waals surface area (Å²) in [6.45, 7) is 0.384. The van der Waals surface area contributed by atoms with E-state index in [9.17, 15) is 0 Å². The summed E-state index contributed by atoms with van der Waals surface area (Å²) in [4.78, 5) is 0. The Hall–Kier alpha value is -3.15. The van der Waals surface area contributed by atoms with E-state index in [0.29, 0.717) is 18.0 Å². The van der Waals surface area contributed by atoms with Crippen LogP contribution in [-0.4, -0.2) is 24.4 Å². The highest BCUT2D eigenvalue weighted by Crippen LogP contribution is 2.32. The van der Waals surface area contributed by atoms with Gasteiger partial charge in [-0.15, -0.1) is 0 Å². The van der Waals surface area contributed by atoms with E-state index < -0.39 is 0 Å². The van der Waals surface area contributed by atoms with Gasteiger partial charge in [-0.25, -0.2) is 0 Å². The quantitative estimate of drug-likeness (QED) is 0.680. The van der Waals surface area contributed by atoms with E-state index in [2.05, 4.69) is 10.2 Å². The lowest BCUT2D eigenvalue weighted by atomic mass is 10.1. The van der Waals surface area contributed by atoms with E-state index in [1.165, 1.54) is 0 Å². The molecule has 0 fully saturated rings. The first-order valence-electron chi connectivity index (χ1n) is 7.44. The van der Waals surface area contributed by atoms with Crippen LogP contribution in [0.4, 0.5) is 5.69 Å². The molecule has 0 bridgehead atoms. The molecule has 3 rings (SSSR count). The normalized spacial score (nSPS) is 10.4. The SMILES string of the molecule is COc1ccc(-c2cc(COc3ccc(N)cc3)[nH]n2)c(OC)c1. The summed E-state index contributed by atoms with van der Waals surface area (Å²) in [6, 6.07) is 14.8. The van der Waals surface area contributed by atoms with Gasteiger partial charge in [0.1, 0.15) is 23.9 Å². The number of H-pyrrole nitrogens is 1. The number of aromatic amines is 1. The minimum Gasteiger partial charge on any atom is -0.497 e. The number of anilines is 1. The Morgan fingerprint density at radius 3 is 2.42 bits per heavy atom. The van der Waals surface area contributed by atoms with E-state index in [-0.39, 0.29) is 0 Å². The zero-order chi connectivity index (χ0) is 16.9. The van der Waals surface area contributed by atoms with E-state index in [1.54, 1.807) is 26.4 Å². The second-order valence-electron chi connectivity index (χ2n) is 5.20. The van der Waals surface area contributed by atoms with Crippen LogP contribution >= 0.6 is 0 Å². The van der Waals surface area contributed by atoms with Crippen molar-refractivity contribution in [2.24, 2.45) is 0 Å². The number of nitrogens with one attached hydrogen (secondary N) is 1. The molecule has 1 heterocycles. The average Bonchev–Trinajstić information content (AvgIpc) is 3.09. The molecule has 0 radical (unpaired) electrons. The number of ether oxygens (including phenoxy) is 3. The van der Waals surface area contributed by atoms with Gasteiger partial charge in [-0.05, 0) is 42.5 Å². The van der Waals surface area contributed by atoms with Crippen LogP contribution in [0.1, 0.15) is 5.69 Å². The summed E-state index contributed by atoms with van der Waals surface area (Å²) in [5.41, 5.74) is 8.89. The summed E-state index contributed by atoms with van der Waals surface area (Å²) in [7, 11) is 3.24.